The normalized spacial score (nSPS) is 12.9. The highest BCUT2D eigenvalue weighted by atomic mass is 32.2. The molecule has 0 atom stereocenters. The van der Waals surface area contributed by atoms with Crippen LogP contribution in [0.5, 0.6) is 0 Å². The fourth-order valence-electron chi connectivity index (χ4n) is 3.06. The summed E-state index contributed by atoms with van der Waals surface area (Å²) in [5.41, 5.74) is -3.18. The Bertz CT molecular complexity index is 1460. The van der Waals surface area contributed by atoms with Crippen molar-refractivity contribution in [2.24, 2.45) is 7.05 Å². The number of alkyl halides is 6. The van der Waals surface area contributed by atoms with Gasteiger partial charge < -0.3 is 4.57 Å². The molecular formula is C19H11F6N5O2S. The summed E-state index contributed by atoms with van der Waals surface area (Å²) in [7, 11) is -3.22. The van der Waals surface area contributed by atoms with Gasteiger partial charge in [-0.15, -0.1) is 0 Å². The number of imidazole rings is 1. The van der Waals surface area contributed by atoms with Gasteiger partial charge in [0.05, 0.1) is 16.0 Å². The maximum atomic E-state index is 13.3. The highest BCUT2D eigenvalue weighted by Gasteiger charge is 2.36. The fraction of sp³-hybridized carbons (Fsp3) is 0.158. The number of sulfone groups is 1. The van der Waals surface area contributed by atoms with Crippen molar-refractivity contribution in [2.45, 2.75) is 22.1 Å². The molecule has 0 aliphatic carbocycles. The number of halogens is 6. The molecule has 172 valence electrons. The van der Waals surface area contributed by atoms with Crippen molar-refractivity contribution in [1.82, 2.24) is 24.5 Å². The third kappa shape index (κ3) is 4.01. The lowest BCUT2D eigenvalue weighted by atomic mass is 10.2. The van der Waals surface area contributed by atoms with E-state index in [9.17, 15) is 34.8 Å². The molecule has 4 aromatic rings. The molecule has 0 saturated heterocycles. The molecule has 0 aliphatic rings. The van der Waals surface area contributed by atoms with Crippen LogP contribution in [0.3, 0.4) is 0 Å². The largest absolute Gasteiger partial charge is 0.417 e. The first-order valence-electron chi connectivity index (χ1n) is 8.92. The van der Waals surface area contributed by atoms with Gasteiger partial charge in [-0.3, -0.25) is 9.97 Å². The number of nitrogens with zero attached hydrogens (tertiary/aromatic N) is 5. The van der Waals surface area contributed by atoms with Crippen LogP contribution >= 0.6 is 0 Å². The van der Waals surface area contributed by atoms with Crippen LogP contribution in [0, 0.1) is 0 Å². The number of pyridine rings is 3. The quantitative estimate of drug-likeness (QED) is 0.401. The molecule has 0 fully saturated rings. The third-order valence-corrected chi connectivity index (χ3v) is 6.46. The van der Waals surface area contributed by atoms with Crippen molar-refractivity contribution in [3.63, 3.8) is 0 Å². The van der Waals surface area contributed by atoms with E-state index >= 15 is 0 Å². The maximum absolute atomic E-state index is 13.3. The number of aryl methyl sites for hydroxylation is 1. The Balaban J connectivity index is 2.00. The van der Waals surface area contributed by atoms with Crippen molar-refractivity contribution in [3.8, 4) is 11.5 Å². The van der Waals surface area contributed by atoms with Gasteiger partial charge in [-0.1, -0.05) is 0 Å². The summed E-state index contributed by atoms with van der Waals surface area (Å²) in [6, 6.07) is 3.29. The molecule has 0 aliphatic heterocycles. The smallest absolute Gasteiger partial charge is 0.310 e. The van der Waals surface area contributed by atoms with Crippen molar-refractivity contribution >= 4 is 21.0 Å². The predicted octanol–water partition coefficient (Wildman–Crippen LogP) is 4.30. The summed E-state index contributed by atoms with van der Waals surface area (Å²) in [4.78, 5) is 13.9. The van der Waals surface area contributed by atoms with Gasteiger partial charge in [0.15, 0.2) is 11.5 Å². The molecule has 0 radical (unpaired) electrons. The van der Waals surface area contributed by atoms with Crippen molar-refractivity contribution in [2.75, 3.05) is 0 Å². The summed E-state index contributed by atoms with van der Waals surface area (Å²) < 4.78 is 107. The molecule has 0 amide bonds. The number of aromatic nitrogens is 5. The standard InChI is InChI=1S/C19H11F6N5O2S/c1-30-16-13(6-10(9-28-16)18(20,21)22)29-17(30)15-14(7-11(8-27-15)19(23,24)25)33(31,32)12-2-4-26-5-3-12/h2-9H,1H3. The molecule has 0 spiro atoms. The molecule has 7 nitrogen and oxygen atoms in total. The summed E-state index contributed by atoms with van der Waals surface area (Å²) in [6.45, 7) is 0. The Hall–Kier alpha value is -3.55. The lowest BCUT2D eigenvalue weighted by Gasteiger charge is -2.13. The van der Waals surface area contributed by atoms with E-state index in [1.165, 1.54) is 7.05 Å². The van der Waals surface area contributed by atoms with E-state index < -0.39 is 43.9 Å². The Labute approximate surface area is 181 Å². The Kier molecular flexibility index (Phi) is 5.15. The average Bonchev–Trinajstić information content (AvgIpc) is 3.08. The SMILES string of the molecule is Cn1c(-c2ncc(C(F)(F)F)cc2S(=O)(=O)c2ccncc2)nc2cc(C(F)(F)F)cnc21. The predicted molar refractivity (Wildman–Crippen MR) is 101 cm³/mol. The minimum Gasteiger partial charge on any atom is -0.310 e. The fourth-order valence-corrected chi connectivity index (χ4v) is 4.47. The number of rotatable bonds is 3. The lowest BCUT2D eigenvalue weighted by Crippen LogP contribution is -2.12. The van der Waals surface area contributed by atoms with Crippen LogP contribution in [0.2, 0.25) is 0 Å². The van der Waals surface area contributed by atoms with Crippen LogP contribution < -0.4 is 0 Å². The van der Waals surface area contributed by atoms with Gasteiger partial charge in [0.1, 0.15) is 16.1 Å². The van der Waals surface area contributed by atoms with Gasteiger partial charge in [-0.05, 0) is 24.3 Å². The molecule has 0 saturated carbocycles. The van der Waals surface area contributed by atoms with E-state index in [1.54, 1.807) is 0 Å². The minimum atomic E-state index is -4.90. The van der Waals surface area contributed by atoms with Gasteiger partial charge in [0.25, 0.3) is 0 Å². The van der Waals surface area contributed by atoms with E-state index in [4.69, 9.17) is 0 Å². The Morgan fingerprint density at radius 3 is 2.06 bits per heavy atom. The minimum absolute atomic E-state index is 0.0491. The molecule has 0 bridgehead atoms. The first-order valence-corrected chi connectivity index (χ1v) is 10.4. The maximum Gasteiger partial charge on any atom is 0.417 e. The van der Waals surface area contributed by atoms with Gasteiger partial charge in [0.2, 0.25) is 9.84 Å². The van der Waals surface area contributed by atoms with Crippen LogP contribution in [0.1, 0.15) is 11.1 Å². The van der Waals surface area contributed by atoms with Gasteiger partial charge in [0, 0.05) is 31.8 Å². The zero-order valence-corrected chi connectivity index (χ0v) is 17.2. The zero-order valence-electron chi connectivity index (χ0n) is 16.3. The monoisotopic (exact) mass is 487 g/mol. The first kappa shape index (κ1) is 22.6. The zero-order chi connectivity index (χ0) is 24.2. The Morgan fingerprint density at radius 1 is 0.879 bits per heavy atom. The average molecular weight is 487 g/mol. The highest BCUT2D eigenvalue weighted by Crippen LogP contribution is 2.37. The summed E-state index contributed by atoms with van der Waals surface area (Å²) in [6.07, 6.45) is -6.32. The molecule has 0 unspecified atom stereocenters. The lowest BCUT2D eigenvalue weighted by molar-refractivity contribution is -0.138. The summed E-state index contributed by atoms with van der Waals surface area (Å²) in [5, 5.41) is 0. The van der Waals surface area contributed by atoms with Gasteiger partial charge in [-0.25, -0.2) is 18.4 Å². The third-order valence-electron chi connectivity index (χ3n) is 4.68. The van der Waals surface area contributed by atoms with Crippen LogP contribution in [-0.2, 0) is 29.2 Å². The molecule has 4 aromatic heterocycles. The van der Waals surface area contributed by atoms with Crippen LogP contribution in [0.15, 0.2) is 58.8 Å². The van der Waals surface area contributed by atoms with E-state index in [1.807, 2.05) is 0 Å². The van der Waals surface area contributed by atoms with Gasteiger partial charge >= 0.3 is 12.4 Å². The molecule has 33 heavy (non-hydrogen) atoms. The summed E-state index contributed by atoms with van der Waals surface area (Å²) in [5.74, 6) is -0.279. The molecule has 14 heteroatoms. The van der Waals surface area contributed by atoms with E-state index in [-0.39, 0.29) is 21.9 Å². The number of hydrogen-bond donors (Lipinski definition) is 0. The second-order valence-electron chi connectivity index (χ2n) is 6.81. The molecule has 4 heterocycles. The van der Waals surface area contributed by atoms with Crippen molar-refractivity contribution in [3.05, 3.63) is 60.2 Å². The molecular weight excluding hydrogens is 476 g/mol. The van der Waals surface area contributed by atoms with Crippen LogP contribution in [0.25, 0.3) is 22.7 Å². The second-order valence-corrected chi connectivity index (χ2v) is 8.73. The van der Waals surface area contributed by atoms with Crippen molar-refractivity contribution in [1.29, 1.82) is 0 Å². The van der Waals surface area contributed by atoms with Crippen molar-refractivity contribution < 1.29 is 34.8 Å². The second kappa shape index (κ2) is 7.50. The van der Waals surface area contributed by atoms with Crippen LogP contribution in [0.4, 0.5) is 26.3 Å². The topological polar surface area (TPSA) is 90.6 Å². The van der Waals surface area contributed by atoms with E-state index in [2.05, 4.69) is 19.9 Å². The summed E-state index contributed by atoms with van der Waals surface area (Å²) >= 11 is 0. The first-order chi connectivity index (χ1) is 15.3. The van der Waals surface area contributed by atoms with Gasteiger partial charge in [-0.2, -0.15) is 26.3 Å². The molecule has 4 rings (SSSR count). The van der Waals surface area contributed by atoms with Crippen LogP contribution in [-0.4, -0.2) is 32.9 Å². The Morgan fingerprint density at radius 2 is 1.45 bits per heavy atom. The number of hydrogen-bond acceptors (Lipinski definition) is 6. The van der Waals surface area contributed by atoms with E-state index in [0.717, 1.165) is 29.1 Å². The van der Waals surface area contributed by atoms with E-state index in [0.29, 0.717) is 24.5 Å². The number of fused-ring (bicyclic) bond motifs is 1. The molecule has 0 N–H and O–H groups in total. The highest BCUT2D eigenvalue weighted by molar-refractivity contribution is 7.91. The molecule has 0 aromatic carbocycles.